The molecule has 0 atom stereocenters. The standard InChI is InChI=1S/C12H7Cl2N3OS/c13-8-3-7(4-9(16)10(8)14)11(18)17-12-6(5-15)1-2-19-12/h1-4H,16H2,(H,17,18). The van der Waals surface area contributed by atoms with E-state index in [0.29, 0.717) is 10.6 Å². The molecular weight excluding hydrogens is 305 g/mol. The number of benzene rings is 1. The third kappa shape index (κ3) is 2.82. The monoisotopic (exact) mass is 311 g/mol. The lowest BCUT2D eigenvalue weighted by Gasteiger charge is -2.07. The molecule has 1 aromatic carbocycles. The van der Waals surface area contributed by atoms with Gasteiger partial charge in [-0.1, -0.05) is 23.2 Å². The fourth-order valence-corrected chi connectivity index (χ4v) is 2.48. The summed E-state index contributed by atoms with van der Waals surface area (Å²) in [6.45, 7) is 0. The van der Waals surface area contributed by atoms with Crippen molar-refractivity contribution in [1.29, 1.82) is 5.26 Å². The summed E-state index contributed by atoms with van der Waals surface area (Å²) in [5.41, 5.74) is 6.56. The number of nitriles is 1. The molecule has 0 bridgehead atoms. The maximum Gasteiger partial charge on any atom is 0.256 e. The number of amides is 1. The zero-order valence-corrected chi connectivity index (χ0v) is 11.7. The van der Waals surface area contributed by atoms with Gasteiger partial charge < -0.3 is 11.1 Å². The van der Waals surface area contributed by atoms with Crippen molar-refractivity contribution in [3.05, 3.63) is 44.8 Å². The SMILES string of the molecule is N#Cc1ccsc1NC(=O)c1cc(N)c(Cl)c(Cl)c1. The number of nitrogens with two attached hydrogens (primary N) is 1. The molecule has 0 unspecified atom stereocenters. The predicted octanol–water partition coefficient (Wildman–Crippen LogP) is 3.76. The number of hydrogen-bond acceptors (Lipinski definition) is 4. The molecule has 0 aliphatic carbocycles. The third-order valence-electron chi connectivity index (χ3n) is 2.33. The van der Waals surface area contributed by atoms with E-state index in [1.54, 1.807) is 11.4 Å². The number of hydrogen-bond donors (Lipinski definition) is 2. The second-order valence-electron chi connectivity index (χ2n) is 3.59. The Morgan fingerprint density at radius 2 is 2.16 bits per heavy atom. The lowest BCUT2D eigenvalue weighted by atomic mass is 10.2. The summed E-state index contributed by atoms with van der Waals surface area (Å²) in [5, 5.41) is 14.1. The van der Waals surface area contributed by atoms with E-state index in [1.807, 2.05) is 6.07 Å². The molecule has 96 valence electrons. The molecule has 1 heterocycles. The first kappa shape index (κ1) is 13.7. The zero-order chi connectivity index (χ0) is 14.0. The number of anilines is 2. The minimum atomic E-state index is -0.399. The number of nitrogen functional groups attached to an aromatic ring is 1. The van der Waals surface area contributed by atoms with Crippen LogP contribution in [0.15, 0.2) is 23.6 Å². The molecule has 1 aromatic heterocycles. The molecule has 0 radical (unpaired) electrons. The molecule has 0 aliphatic rings. The minimum Gasteiger partial charge on any atom is -0.397 e. The minimum absolute atomic E-state index is 0.207. The van der Waals surface area contributed by atoms with Gasteiger partial charge in [0, 0.05) is 5.56 Å². The summed E-state index contributed by atoms with van der Waals surface area (Å²) in [4.78, 5) is 12.0. The smallest absolute Gasteiger partial charge is 0.256 e. The van der Waals surface area contributed by atoms with Crippen LogP contribution in [0.5, 0.6) is 0 Å². The number of thiophene rings is 1. The Bertz CT molecular complexity index is 668. The summed E-state index contributed by atoms with van der Waals surface area (Å²) >= 11 is 12.9. The number of carbonyl (C=O) groups is 1. The maximum atomic E-state index is 12.0. The van der Waals surface area contributed by atoms with Crippen LogP contribution in [-0.4, -0.2) is 5.91 Å². The van der Waals surface area contributed by atoms with Gasteiger partial charge in [-0.25, -0.2) is 0 Å². The highest BCUT2D eigenvalue weighted by Crippen LogP contribution is 2.30. The Morgan fingerprint density at radius 3 is 2.79 bits per heavy atom. The molecule has 3 N–H and O–H groups in total. The van der Waals surface area contributed by atoms with Gasteiger partial charge in [-0.05, 0) is 23.6 Å². The number of rotatable bonds is 2. The maximum absolute atomic E-state index is 12.0. The van der Waals surface area contributed by atoms with Crippen molar-refractivity contribution in [3.63, 3.8) is 0 Å². The van der Waals surface area contributed by atoms with Crippen LogP contribution in [0.2, 0.25) is 10.0 Å². The topological polar surface area (TPSA) is 78.9 Å². The van der Waals surface area contributed by atoms with Gasteiger partial charge in [-0.2, -0.15) is 5.26 Å². The van der Waals surface area contributed by atoms with Gasteiger partial charge in [0.2, 0.25) is 0 Å². The third-order valence-corrected chi connectivity index (χ3v) is 3.98. The largest absolute Gasteiger partial charge is 0.397 e. The molecule has 0 aliphatic heterocycles. The highest BCUT2D eigenvalue weighted by atomic mass is 35.5. The van der Waals surface area contributed by atoms with Crippen LogP contribution in [0.3, 0.4) is 0 Å². The number of halogens is 2. The van der Waals surface area contributed by atoms with Crippen molar-refractivity contribution < 1.29 is 4.79 Å². The normalized spacial score (nSPS) is 9.95. The van der Waals surface area contributed by atoms with E-state index < -0.39 is 5.91 Å². The van der Waals surface area contributed by atoms with Crippen LogP contribution in [0.25, 0.3) is 0 Å². The van der Waals surface area contributed by atoms with Crippen LogP contribution >= 0.6 is 34.5 Å². The Morgan fingerprint density at radius 1 is 1.42 bits per heavy atom. The Labute approximate surface area is 123 Å². The van der Waals surface area contributed by atoms with Crippen LogP contribution in [0, 0.1) is 11.3 Å². The highest BCUT2D eigenvalue weighted by Gasteiger charge is 2.13. The summed E-state index contributed by atoms with van der Waals surface area (Å²) in [5.74, 6) is -0.399. The van der Waals surface area contributed by atoms with E-state index in [-0.39, 0.29) is 21.3 Å². The molecule has 4 nitrogen and oxygen atoms in total. The van der Waals surface area contributed by atoms with Gasteiger partial charge in [-0.15, -0.1) is 11.3 Å². The van der Waals surface area contributed by atoms with Crippen LogP contribution in [-0.2, 0) is 0 Å². The second-order valence-corrected chi connectivity index (χ2v) is 5.29. The first-order valence-electron chi connectivity index (χ1n) is 5.06. The van der Waals surface area contributed by atoms with E-state index in [0.717, 1.165) is 0 Å². The van der Waals surface area contributed by atoms with Gasteiger partial charge in [0.05, 0.1) is 21.3 Å². The summed E-state index contributed by atoms with van der Waals surface area (Å²) in [7, 11) is 0. The molecule has 0 fully saturated rings. The fraction of sp³-hybridized carbons (Fsp3) is 0. The summed E-state index contributed by atoms with van der Waals surface area (Å²) in [6.07, 6.45) is 0. The molecule has 1 amide bonds. The molecule has 2 aromatic rings. The number of nitrogens with one attached hydrogen (secondary N) is 1. The van der Waals surface area contributed by atoms with Crippen LogP contribution < -0.4 is 11.1 Å². The molecular formula is C12H7Cl2N3OS. The number of nitrogens with zero attached hydrogens (tertiary/aromatic N) is 1. The Hall–Kier alpha value is -1.74. The predicted molar refractivity (Wildman–Crippen MR) is 77.9 cm³/mol. The van der Waals surface area contributed by atoms with Gasteiger partial charge in [0.1, 0.15) is 11.1 Å². The summed E-state index contributed by atoms with van der Waals surface area (Å²) in [6, 6.07) is 6.48. The van der Waals surface area contributed by atoms with Crippen molar-refractivity contribution in [3.8, 4) is 6.07 Å². The fourth-order valence-electron chi connectivity index (χ4n) is 1.41. The Balaban J connectivity index is 2.29. The van der Waals surface area contributed by atoms with Crippen molar-refractivity contribution in [2.24, 2.45) is 0 Å². The first-order valence-corrected chi connectivity index (χ1v) is 6.70. The quantitative estimate of drug-likeness (QED) is 0.829. The average molecular weight is 312 g/mol. The van der Waals surface area contributed by atoms with Gasteiger partial charge in [0.15, 0.2) is 0 Å². The lowest BCUT2D eigenvalue weighted by molar-refractivity contribution is 0.102. The lowest BCUT2D eigenvalue weighted by Crippen LogP contribution is -2.12. The Kier molecular flexibility index (Phi) is 3.96. The second kappa shape index (κ2) is 5.49. The van der Waals surface area contributed by atoms with E-state index in [2.05, 4.69) is 5.32 Å². The molecule has 2 rings (SSSR count). The van der Waals surface area contributed by atoms with Gasteiger partial charge in [0.25, 0.3) is 5.91 Å². The number of carbonyl (C=O) groups excluding carboxylic acids is 1. The van der Waals surface area contributed by atoms with Crippen molar-refractivity contribution in [2.45, 2.75) is 0 Å². The molecule has 0 saturated heterocycles. The summed E-state index contributed by atoms with van der Waals surface area (Å²) < 4.78 is 0. The zero-order valence-electron chi connectivity index (χ0n) is 9.41. The highest BCUT2D eigenvalue weighted by molar-refractivity contribution is 7.14. The molecule has 0 spiro atoms. The van der Waals surface area contributed by atoms with Crippen molar-refractivity contribution >= 4 is 51.1 Å². The van der Waals surface area contributed by atoms with Crippen molar-refractivity contribution in [1.82, 2.24) is 0 Å². The molecule has 19 heavy (non-hydrogen) atoms. The van der Waals surface area contributed by atoms with E-state index in [1.165, 1.54) is 23.5 Å². The van der Waals surface area contributed by atoms with Crippen LogP contribution in [0.1, 0.15) is 15.9 Å². The van der Waals surface area contributed by atoms with Gasteiger partial charge >= 0.3 is 0 Å². The molecule has 0 saturated carbocycles. The van der Waals surface area contributed by atoms with Gasteiger partial charge in [-0.3, -0.25) is 4.79 Å². The van der Waals surface area contributed by atoms with Crippen molar-refractivity contribution in [2.75, 3.05) is 11.1 Å². The first-order chi connectivity index (χ1) is 9.02. The van der Waals surface area contributed by atoms with E-state index >= 15 is 0 Å². The van der Waals surface area contributed by atoms with E-state index in [9.17, 15) is 4.79 Å². The molecule has 7 heteroatoms. The van der Waals surface area contributed by atoms with E-state index in [4.69, 9.17) is 34.2 Å². The van der Waals surface area contributed by atoms with Crippen LogP contribution in [0.4, 0.5) is 10.7 Å². The average Bonchev–Trinajstić information content (AvgIpc) is 2.82.